The van der Waals surface area contributed by atoms with Crippen LogP contribution in [0.3, 0.4) is 0 Å². The molecule has 94 valence electrons. The zero-order valence-corrected chi connectivity index (χ0v) is 10.1. The molecular weight excluding hydrogens is 222 g/mol. The van der Waals surface area contributed by atoms with Crippen molar-refractivity contribution in [2.45, 2.75) is 26.4 Å². The lowest BCUT2D eigenvalue weighted by Gasteiger charge is -2.15. The molecule has 1 aromatic rings. The van der Waals surface area contributed by atoms with E-state index < -0.39 is 6.10 Å². The van der Waals surface area contributed by atoms with Crippen molar-refractivity contribution in [2.75, 3.05) is 13.2 Å². The van der Waals surface area contributed by atoms with Gasteiger partial charge in [-0.3, -0.25) is 4.79 Å². The van der Waals surface area contributed by atoms with Crippen molar-refractivity contribution in [1.29, 1.82) is 0 Å². The topological polar surface area (TPSA) is 68.4 Å². The van der Waals surface area contributed by atoms with Crippen molar-refractivity contribution in [3.05, 3.63) is 34.2 Å². The van der Waals surface area contributed by atoms with Crippen LogP contribution in [0.1, 0.15) is 19.4 Å². The standard InChI is InChI=1S/C12H17NO4/c1-3-16-10(12(15)17-4-2)7-9-5-6-11(14)13-8-9/h5-6,8,10H,3-4,7H2,1-2H3,(H,13,14). The fraction of sp³-hybridized carbons (Fsp3) is 0.500. The predicted molar refractivity (Wildman–Crippen MR) is 62.8 cm³/mol. The Bertz CT molecular complexity index is 393. The van der Waals surface area contributed by atoms with Crippen molar-refractivity contribution < 1.29 is 14.3 Å². The van der Waals surface area contributed by atoms with Crippen LogP contribution in [0.15, 0.2) is 23.1 Å². The van der Waals surface area contributed by atoms with E-state index in [2.05, 4.69) is 4.98 Å². The molecule has 1 aromatic heterocycles. The minimum Gasteiger partial charge on any atom is -0.464 e. The lowest BCUT2D eigenvalue weighted by molar-refractivity contribution is -0.156. The highest BCUT2D eigenvalue weighted by Gasteiger charge is 2.20. The number of nitrogens with one attached hydrogen (secondary N) is 1. The number of rotatable bonds is 6. The van der Waals surface area contributed by atoms with Gasteiger partial charge in [-0.05, 0) is 19.4 Å². The molecule has 1 atom stereocenters. The van der Waals surface area contributed by atoms with Gasteiger partial charge in [0.25, 0.3) is 0 Å². The summed E-state index contributed by atoms with van der Waals surface area (Å²) >= 11 is 0. The van der Waals surface area contributed by atoms with Crippen molar-refractivity contribution in [2.24, 2.45) is 0 Å². The maximum Gasteiger partial charge on any atom is 0.335 e. The minimum atomic E-state index is -0.620. The second kappa shape index (κ2) is 6.85. The molecule has 0 spiro atoms. The molecule has 0 amide bonds. The number of H-pyrrole nitrogens is 1. The van der Waals surface area contributed by atoms with Crippen LogP contribution in [0.4, 0.5) is 0 Å². The first-order valence-corrected chi connectivity index (χ1v) is 5.63. The number of esters is 1. The summed E-state index contributed by atoms with van der Waals surface area (Å²) < 4.78 is 10.2. The fourth-order valence-corrected chi connectivity index (χ4v) is 1.43. The highest BCUT2D eigenvalue weighted by atomic mass is 16.6. The van der Waals surface area contributed by atoms with Gasteiger partial charge in [0, 0.05) is 25.3 Å². The van der Waals surface area contributed by atoms with E-state index in [0.29, 0.717) is 19.6 Å². The smallest absolute Gasteiger partial charge is 0.335 e. The summed E-state index contributed by atoms with van der Waals surface area (Å²) in [4.78, 5) is 25.0. The van der Waals surface area contributed by atoms with Gasteiger partial charge in [-0.2, -0.15) is 0 Å². The zero-order valence-electron chi connectivity index (χ0n) is 10.1. The lowest BCUT2D eigenvalue weighted by Crippen LogP contribution is -2.29. The Hall–Kier alpha value is -1.62. The Morgan fingerprint density at radius 1 is 1.35 bits per heavy atom. The molecule has 1 N–H and O–H groups in total. The Kier molecular flexibility index (Phi) is 5.42. The van der Waals surface area contributed by atoms with Gasteiger partial charge in [-0.1, -0.05) is 6.07 Å². The highest BCUT2D eigenvalue weighted by molar-refractivity contribution is 5.75. The molecule has 0 aliphatic heterocycles. The van der Waals surface area contributed by atoms with Crippen LogP contribution in [0.5, 0.6) is 0 Å². The summed E-state index contributed by atoms with van der Waals surface area (Å²) in [6.07, 6.45) is 1.35. The Morgan fingerprint density at radius 3 is 2.65 bits per heavy atom. The van der Waals surface area contributed by atoms with Crippen LogP contribution >= 0.6 is 0 Å². The van der Waals surface area contributed by atoms with E-state index in [9.17, 15) is 9.59 Å². The van der Waals surface area contributed by atoms with E-state index in [1.807, 2.05) is 6.92 Å². The number of hydrogen-bond donors (Lipinski definition) is 1. The molecule has 1 unspecified atom stereocenters. The van der Waals surface area contributed by atoms with Crippen LogP contribution in [0.2, 0.25) is 0 Å². The third kappa shape index (κ3) is 4.40. The van der Waals surface area contributed by atoms with Crippen LogP contribution < -0.4 is 5.56 Å². The third-order valence-corrected chi connectivity index (χ3v) is 2.19. The average Bonchev–Trinajstić information content (AvgIpc) is 2.31. The number of aromatic nitrogens is 1. The van der Waals surface area contributed by atoms with E-state index in [-0.39, 0.29) is 11.5 Å². The van der Waals surface area contributed by atoms with Gasteiger partial charge >= 0.3 is 5.97 Å². The molecule has 0 fully saturated rings. The second-order valence-corrected chi connectivity index (χ2v) is 3.46. The molecule has 5 nitrogen and oxygen atoms in total. The molecule has 1 heterocycles. The first-order valence-electron chi connectivity index (χ1n) is 5.63. The Labute approximate surface area is 99.8 Å². The molecule has 0 bridgehead atoms. The minimum absolute atomic E-state index is 0.169. The van der Waals surface area contributed by atoms with Gasteiger partial charge in [0.15, 0.2) is 6.10 Å². The summed E-state index contributed by atoms with van der Waals surface area (Å²) in [5.74, 6) is -0.374. The summed E-state index contributed by atoms with van der Waals surface area (Å²) in [5.41, 5.74) is 0.661. The van der Waals surface area contributed by atoms with Gasteiger partial charge in [-0.15, -0.1) is 0 Å². The number of carbonyl (C=O) groups is 1. The first kappa shape index (κ1) is 13.4. The van der Waals surface area contributed by atoms with Gasteiger partial charge in [0.1, 0.15) is 0 Å². The van der Waals surface area contributed by atoms with Gasteiger partial charge in [-0.25, -0.2) is 4.79 Å². The van der Waals surface area contributed by atoms with Crippen molar-refractivity contribution in [1.82, 2.24) is 4.98 Å². The molecule has 1 rings (SSSR count). The number of hydrogen-bond acceptors (Lipinski definition) is 4. The van der Waals surface area contributed by atoms with Crippen LogP contribution in [0.25, 0.3) is 0 Å². The lowest BCUT2D eigenvalue weighted by atomic mass is 10.1. The van der Waals surface area contributed by atoms with Gasteiger partial charge in [0.2, 0.25) is 5.56 Å². The van der Waals surface area contributed by atoms with Crippen molar-refractivity contribution in [3.8, 4) is 0 Å². The zero-order chi connectivity index (χ0) is 12.7. The number of aromatic amines is 1. The molecule has 17 heavy (non-hydrogen) atoms. The molecule has 0 aliphatic rings. The summed E-state index contributed by atoms with van der Waals surface area (Å²) in [5, 5.41) is 0. The maximum absolute atomic E-state index is 11.6. The Balaban J connectivity index is 2.68. The quantitative estimate of drug-likeness (QED) is 0.748. The van der Waals surface area contributed by atoms with E-state index in [1.54, 1.807) is 19.2 Å². The first-order chi connectivity index (χ1) is 8.17. The Morgan fingerprint density at radius 2 is 2.12 bits per heavy atom. The molecule has 0 aromatic carbocycles. The molecular formula is C12H17NO4. The number of ether oxygens (including phenoxy) is 2. The summed E-state index contributed by atoms with van der Waals surface area (Å²) in [6.45, 7) is 4.33. The molecule has 0 radical (unpaired) electrons. The maximum atomic E-state index is 11.6. The predicted octanol–water partition coefficient (Wildman–Crippen LogP) is 0.886. The SMILES string of the molecule is CCOC(=O)C(Cc1ccc(=O)[nH]c1)OCC. The van der Waals surface area contributed by atoms with E-state index in [4.69, 9.17) is 9.47 Å². The summed E-state index contributed by atoms with van der Waals surface area (Å²) in [6, 6.07) is 3.09. The van der Waals surface area contributed by atoms with Crippen LogP contribution in [-0.4, -0.2) is 30.3 Å². The number of carbonyl (C=O) groups excluding carboxylic acids is 1. The number of pyridine rings is 1. The largest absolute Gasteiger partial charge is 0.464 e. The van der Waals surface area contributed by atoms with Gasteiger partial charge < -0.3 is 14.5 Å². The van der Waals surface area contributed by atoms with E-state index in [1.165, 1.54) is 6.07 Å². The van der Waals surface area contributed by atoms with E-state index >= 15 is 0 Å². The van der Waals surface area contributed by atoms with Crippen LogP contribution in [-0.2, 0) is 20.7 Å². The molecule has 5 heteroatoms. The molecule has 0 aliphatic carbocycles. The van der Waals surface area contributed by atoms with E-state index in [0.717, 1.165) is 5.56 Å². The molecule has 0 saturated carbocycles. The van der Waals surface area contributed by atoms with Gasteiger partial charge in [0.05, 0.1) is 6.61 Å². The second-order valence-electron chi connectivity index (χ2n) is 3.46. The van der Waals surface area contributed by atoms with Crippen LogP contribution in [0, 0.1) is 0 Å². The summed E-state index contributed by atoms with van der Waals surface area (Å²) in [7, 11) is 0. The fourth-order valence-electron chi connectivity index (χ4n) is 1.43. The van der Waals surface area contributed by atoms with Crippen molar-refractivity contribution >= 4 is 5.97 Å². The van der Waals surface area contributed by atoms with Crippen molar-refractivity contribution in [3.63, 3.8) is 0 Å². The highest BCUT2D eigenvalue weighted by Crippen LogP contribution is 2.06. The normalized spacial score (nSPS) is 12.1. The average molecular weight is 239 g/mol. The molecule has 0 saturated heterocycles. The third-order valence-electron chi connectivity index (χ3n) is 2.19. The monoisotopic (exact) mass is 239 g/mol.